The van der Waals surface area contributed by atoms with Gasteiger partial charge in [0.1, 0.15) is 5.52 Å². The van der Waals surface area contributed by atoms with Gasteiger partial charge in [-0.25, -0.2) is 4.79 Å². The molecule has 3 N–H and O–H groups in total. The molecule has 1 aliphatic carbocycles. The summed E-state index contributed by atoms with van der Waals surface area (Å²) >= 11 is 5.90. The lowest BCUT2D eigenvalue weighted by Gasteiger charge is -2.36. The number of hydrogen-bond donors (Lipinski definition) is 3. The molecule has 0 spiro atoms. The summed E-state index contributed by atoms with van der Waals surface area (Å²) in [5.41, 5.74) is 1.78. The fraction of sp³-hybridized carbons (Fsp3) is 0.312. The molecular weight excluding hydrogens is 330 g/mol. The van der Waals surface area contributed by atoms with Crippen molar-refractivity contribution in [3.8, 4) is 0 Å². The van der Waals surface area contributed by atoms with Crippen LogP contribution in [0.4, 0.5) is 5.82 Å². The van der Waals surface area contributed by atoms with Gasteiger partial charge in [0.05, 0.1) is 12.7 Å². The predicted octanol–water partition coefficient (Wildman–Crippen LogP) is 2.46. The Morgan fingerprint density at radius 2 is 2.00 bits per heavy atom. The van der Waals surface area contributed by atoms with Crippen molar-refractivity contribution < 1.29 is 4.74 Å². The van der Waals surface area contributed by atoms with E-state index < -0.39 is 0 Å². The quantitative estimate of drug-likeness (QED) is 0.617. The van der Waals surface area contributed by atoms with Crippen LogP contribution in [0.15, 0.2) is 35.1 Å². The third-order valence-electron chi connectivity index (χ3n) is 4.12. The zero-order valence-corrected chi connectivity index (χ0v) is 13.5. The van der Waals surface area contributed by atoms with E-state index in [1.54, 1.807) is 0 Å². The van der Waals surface area contributed by atoms with Crippen LogP contribution >= 0.6 is 11.6 Å². The van der Waals surface area contributed by atoms with Crippen molar-refractivity contribution in [1.82, 2.24) is 19.9 Å². The Labute approximate surface area is 142 Å². The van der Waals surface area contributed by atoms with E-state index >= 15 is 0 Å². The minimum atomic E-state index is -0.331. The van der Waals surface area contributed by atoms with Gasteiger partial charge >= 0.3 is 5.69 Å². The molecule has 0 atom stereocenters. The number of H-pyrrole nitrogens is 2. The monoisotopic (exact) mass is 345 g/mol. The lowest BCUT2D eigenvalue weighted by molar-refractivity contribution is -0.0150. The Kier molecular flexibility index (Phi) is 3.95. The summed E-state index contributed by atoms with van der Waals surface area (Å²) in [4.78, 5) is 24.8. The molecule has 2 heterocycles. The fourth-order valence-electron chi connectivity index (χ4n) is 2.80. The number of aromatic nitrogens is 4. The standard InChI is InChI=1S/C16H16ClN5O2/c17-15-20-13(12-14(21-15)22-16(23)19-12)18-10-6-11(7-10)24-8-9-4-2-1-3-5-9/h1-5,10-11H,6-8H2,(H3,18,19,20,21,22,23). The van der Waals surface area contributed by atoms with Crippen LogP contribution in [0.5, 0.6) is 0 Å². The highest BCUT2D eigenvalue weighted by Gasteiger charge is 2.30. The number of nitrogens with zero attached hydrogens (tertiary/aromatic N) is 2. The minimum Gasteiger partial charge on any atom is -0.373 e. The molecule has 0 bridgehead atoms. The first kappa shape index (κ1) is 15.2. The molecule has 0 aliphatic heterocycles. The van der Waals surface area contributed by atoms with Gasteiger partial charge in [-0.3, -0.25) is 4.98 Å². The number of nitrogens with one attached hydrogen (secondary N) is 3. The second-order valence-electron chi connectivity index (χ2n) is 5.88. The fourth-order valence-corrected chi connectivity index (χ4v) is 2.97. The summed E-state index contributed by atoms with van der Waals surface area (Å²) in [6.45, 7) is 0.618. The average Bonchev–Trinajstić information content (AvgIpc) is 2.90. The maximum atomic E-state index is 11.4. The molecule has 0 saturated heterocycles. The van der Waals surface area contributed by atoms with Crippen LogP contribution in [0.1, 0.15) is 18.4 Å². The van der Waals surface area contributed by atoms with Crippen LogP contribution in [-0.2, 0) is 11.3 Å². The summed E-state index contributed by atoms with van der Waals surface area (Å²) in [5.74, 6) is 0.537. The molecule has 4 rings (SSSR count). The van der Waals surface area contributed by atoms with E-state index in [0.717, 1.165) is 12.8 Å². The van der Waals surface area contributed by atoms with E-state index in [1.807, 2.05) is 18.2 Å². The zero-order valence-electron chi connectivity index (χ0n) is 12.8. The molecule has 124 valence electrons. The van der Waals surface area contributed by atoms with Crippen molar-refractivity contribution in [1.29, 1.82) is 0 Å². The Bertz CT molecular complexity index is 902. The van der Waals surface area contributed by atoms with Crippen LogP contribution in [-0.4, -0.2) is 32.1 Å². The minimum absolute atomic E-state index is 0.0939. The molecule has 1 aromatic carbocycles. The van der Waals surface area contributed by atoms with Gasteiger partial charge in [0.25, 0.3) is 0 Å². The van der Waals surface area contributed by atoms with Crippen molar-refractivity contribution in [2.24, 2.45) is 0 Å². The van der Waals surface area contributed by atoms with Gasteiger partial charge in [-0.15, -0.1) is 0 Å². The lowest BCUT2D eigenvalue weighted by Crippen LogP contribution is -2.41. The number of anilines is 1. The topological polar surface area (TPSA) is 95.7 Å². The van der Waals surface area contributed by atoms with E-state index in [0.29, 0.717) is 23.6 Å². The number of imidazole rings is 1. The van der Waals surface area contributed by atoms with Crippen LogP contribution in [0.25, 0.3) is 11.2 Å². The molecule has 24 heavy (non-hydrogen) atoms. The first-order valence-corrected chi connectivity index (χ1v) is 8.13. The largest absolute Gasteiger partial charge is 0.373 e. The van der Waals surface area contributed by atoms with Crippen LogP contribution < -0.4 is 11.0 Å². The molecule has 3 aromatic rings. The van der Waals surface area contributed by atoms with E-state index in [2.05, 4.69) is 37.4 Å². The van der Waals surface area contributed by atoms with Gasteiger partial charge in [-0.1, -0.05) is 30.3 Å². The highest BCUT2D eigenvalue weighted by molar-refractivity contribution is 6.28. The van der Waals surface area contributed by atoms with E-state index in [4.69, 9.17) is 16.3 Å². The number of hydrogen-bond acceptors (Lipinski definition) is 5. The second-order valence-corrected chi connectivity index (χ2v) is 6.21. The van der Waals surface area contributed by atoms with Gasteiger partial charge in [-0.2, -0.15) is 9.97 Å². The number of rotatable bonds is 5. The average molecular weight is 346 g/mol. The van der Waals surface area contributed by atoms with Crippen molar-refractivity contribution in [3.63, 3.8) is 0 Å². The smallest absolute Gasteiger partial charge is 0.325 e. The summed E-state index contributed by atoms with van der Waals surface area (Å²) in [6.07, 6.45) is 1.98. The van der Waals surface area contributed by atoms with Gasteiger partial charge in [0.15, 0.2) is 11.5 Å². The SMILES string of the molecule is O=c1[nH]c2nc(Cl)nc(NC3CC(OCc4ccccc4)C3)c2[nH]1. The highest BCUT2D eigenvalue weighted by atomic mass is 35.5. The van der Waals surface area contributed by atoms with Gasteiger partial charge < -0.3 is 15.0 Å². The lowest BCUT2D eigenvalue weighted by atomic mass is 9.89. The third-order valence-corrected chi connectivity index (χ3v) is 4.29. The summed E-state index contributed by atoms with van der Waals surface area (Å²) in [5, 5.41) is 3.39. The number of benzene rings is 1. The number of fused-ring (bicyclic) bond motifs is 1. The Morgan fingerprint density at radius 1 is 1.21 bits per heavy atom. The van der Waals surface area contributed by atoms with E-state index in [1.165, 1.54) is 5.56 Å². The summed E-state index contributed by atoms with van der Waals surface area (Å²) in [7, 11) is 0. The first-order valence-electron chi connectivity index (χ1n) is 7.75. The molecule has 1 saturated carbocycles. The van der Waals surface area contributed by atoms with Crippen LogP contribution in [0, 0.1) is 0 Å². The zero-order chi connectivity index (χ0) is 16.5. The molecular formula is C16H16ClN5O2. The van der Waals surface area contributed by atoms with Crippen molar-refractivity contribution in [2.75, 3.05) is 5.32 Å². The maximum Gasteiger partial charge on any atom is 0.325 e. The van der Waals surface area contributed by atoms with Crippen molar-refractivity contribution >= 4 is 28.6 Å². The Morgan fingerprint density at radius 3 is 2.79 bits per heavy atom. The highest BCUT2D eigenvalue weighted by Crippen LogP contribution is 2.29. The van der Waals surface area contributed by atoms with Crippen molar-refractivity contribution in [3.05, 3.63) is 51.7 Å². The van der Waals surface area contributed by atoms with Crippen LogP contribution in [0.3, 0.4) is 0 Å². The molecule has 0 unspecified atom stereocenters. The predicted molar refractivity (Wildman–Crippen MR) is 91.2 cm³/mol. The molecule has 1 aliphatic rings. The number of ether oxygens (including phenoxy) is 1. The third kappa shape index (κ3) is 3.13. The van der Waals surface area contributed by atoms with Gasteiger partial charge in [0.2, 0.25) is 5.28 Å². The Balaban J connectivity index is 1.36. The van der Waals surface area contributed by atoms with Crippen LogP contribution in [0.2, 0.25) is 5.28 Å². The summed E-state index contributed by atoms with van der Waals surface area (Å²) < 4.78 is 5.88. The van der Waals surface area contributed by atoms with Gasteiger partial charge in [0, 0.05) is 6.04 Å². The van der Waals surface area contributed by atoms with E-state index in [9.17, 15) is 4.79 Å². The number of halogens is 1. The first-order chi connectivity index (χ1) is 11.7. The molecule has 0 radical (unpaired) electrons. The molecule has 0 amide bonds. The summed E-state index contributed by atoms with van der Waals surface area (Å²) in [6, 6.07) is 10.3. The maximum absolute atomic E-state index is 11.4. The molecule has 7 nitrogen and oxygen atoms in total. The van der Waals surface area contributed by atoms with Crippen molar-refractivity contribution in [2.45, 2.75) is 31.6 Å². The second kappa shape index (κ2) is 6.26. The van der Waals surface area contributed by atoms with Gasteiger partial charge in [-0.05, 0) is 30.0 Å². The van der Waals surface area contributed by atoms with E-state index in [-0.39, 0.29) is 23.1 Å². The Hall–Kier alpha value is -2.38. The molecule has 2 aromatic heterocycles. The number of aromatic amines is 2. The molecule has 8 heteroatoms. The molecule has 1 fully saturated rings. The normalized spacial score (nSPS) is 20.0.